The van der Waals surface area contributed by atoms with Gasteiger partial charge in [0.2, 0.25) is 5.95 Å². The summed E-state index contributed by atoms with van der Waals surface area (Å²) >= 11 is 5.98. The molecule has 2 heterocycles. The van der Waals surface area contributed by atoms with Gasteiger partial charge < -0.3 is 10.1 Å². The van der Waals surface area contributed by atoms with Crippen molar-refractivity contribution in [3.8, 4) is 0 Å². The van der Waals surface area contributed by atoms with Crippen LogP contribution < -0.4 is 10.9 Å². The van der Waals surface area contributed by atoms with Crippen molar-refractivity contribution in [2.24, 2.45) is 0 Å². The number of H-pyrrole nitrogens is 1. The fraction of sp³-hybridized carbons (Fsp3) is 0.333. The molecular weight excluding hydrogens is 370 g/mol. The normalized spacial score (nSPS) is 10.9. The molecule has 0 spiro atoms. The highest BCUT2D eigenvalue weighted by atomic mass is 35.5. The molecule has 2 N–H and O–H groups in total. The zero-order chi connectivity index (χ0) is 19.4. The van der Waals surface area contributed by atoms with Gasteiger partial charge in [-0.2, -0.15) is 9.50 Å². The van der Waals surface area contributed by atoms with Crippen LogP contribution in [0.1, 0.15) is 30.2 Å². The van der Waals surface area contributed by atoms with Crippen molar-refractivity contribution in [2.45, 2.75) is 33.2 Å². The van der Waals surface area contributed by atoms with Gasteiger partial charge in [-0.05, 0) is 38.0 Å². The zero-order valence-corrected chi connectivity index (χ0v) is 15.8. The van der Waals surface area contributed by atoms with Crippen molar-refractivity contribution in [1.29, 1.82) is 0 Å². The number of rotatable bonds is 7. The Labute approximate surface area is 160 Å². The molecule has 0 radical (unpaired) electrons. The molecule has 0 aliphatic carbocycles. The molecule has 3 rings (SSSR count). The first-order valence-electron chi connectivity index (χ1n) is 8.60. The number of hydrogen-bond acceptors (Lipinski definition) is 6. The molecular formula is C18H20ClN5O3. The number of fused-ring (bicyclic) bond motifs is 1. The Morgan fingerprint density at radius 1 is 1.37 bits per heavy atom. The summed E-state index contributed by atoms with van der Waals surface area (Å²) in [6.07, 6.45) is 0.398. The maximum absolute atomic E-state index is 12.7. The van der Waals surface area contributed by atoms with Crippen molar-refractivity contribution in [3.63, 3.8) is 0 Å². The summed E-state index contributed by atoms with van der Waals surface area (Å²) in [6.45, 7) is 4.28. The summed E-state index contributed by atoms with van der Waals surface area (Å²) in [6, 6.07) is 7.45. The van der Waals surface area contributed by atoms with Gasteiger partial charge in [-0.25, -0.2) is 4.98 Å². The Balaban J connectivity index is 1.79. The van der Waals surface area contributed by atoms with Gasteiger partial charge >= 0.3 is 5.97 Å². The standard InChI is InChI=1S/C18H20ClN5O3/c1-3-27-15(25)8-7-14-11(2)21-18-22-17(23-24(18)16(14)26)20-10-12-5-4-6-13(19)9-12/h4-6,9H,3,7-8,10H2,1-2H3,(H2,20,21,22,23). The number of carbonyl (C=O) groups excluding carboxylic acids is 1. The van der Waals surface area contributed by atoms with Gasteiger partial charge in [0.05, 0.1) is 12.3 Å². The molecule has 0 fully saturated rings. The molecule has 0 amide bonds. The summed E-state index contributed by atoms with van der Waals surface area (Å²) in [5.41, 5.74) is 1.72. The van der Waals surface area contributed by atoms with Crippen LogP contribution in [-0.2, 0) is 22.5 Å². The highest BCUT2D eigenvalue weighted by molar-refractivity contribution is 6.30. The molecule has 0 atom stereocenters. The first-order valence-corrected chi connectivity index (χ1v) is 8.98. The smallest absolute Gasteiger partial charge is 0.306 e. The fourth-order valence-corrected chi connectivity index (χ4v) is 2.93. The van der Waals surface area contributed by atoms with Crippen LogP contribution in [0.4, 0.5) is 5.95 Å². The summed E-state index contributed by atoms with van der Waals surface area (Å²) in [7, 11) is 0. The number of carbonyl (C=O) groups is 1. The number of nitrogens with zero attached hydrogens (tertiary/aromatic N) is 3. The van der Waals surface area contributed by atoms with Crippen molar-refractivity contribution in [2.75, 3.05) is 11.9 Å². The Hall–Kier alpha value is -2.87. The number of anilines is 1. The van der Waals surface area contributed by atoms with Gasteiger partial charge in [0, 0.05) is 23.6 Å². The monoisotopic (exact) mass is 389 g/mol. The fourth-order valence-electron chi connectivity index (χ4n) is 2.71. The molecule has 8 nitrogen and oxygen atoms in total. The molecule has 3 aromatic rings. The number of halogens is 1. The number of aromatic amines is 1. The van der Waals surface area contributed by atoms with Crippen LogP contribution in [-0.4, -0.2) is 32.2 Å². The van der Waals surface area contributed by atoms with E-state index in [4.69, 9.17) is 16.3 Å². The number of aromatic nitrogens is 4. The summed E-state index contributed by atoms with van der Waals surface area (Å²) in [5.74, 6) is 0.349. The minimum atomic E-state index is -0.338. The Kier molecular flexibility index (Phi) is 5.75. The summed E-state index contributed by atoms with van der Waals surface area (Å²) < 4.78 is 6.18. The maximum Gasteiger partial charge on any atom is 0.306 e. The third-order valence-electron chi connectivity index (χ3n) is 4.03. The van der Waals surface area contributed by atoms with Crippen molar-refractivity contribution >= 4 is 29.3 Å². The van der Waals surface area contributed by atoms with E-state index in [0.717, 1.165) is 5.56 Å². The molecule has 0 bridgehead atoms. The van der Waals surface area contributed by atoms with Crippen LogP contribution >= 0.6 is 11.6 Å². The Morgan fingerprint density at radius 2 is 2.19 bits per heavy atom. The van der Waals surface area contributed by atoms with E-state index in [1.807, 2.05) is 18.2 Å². The molecule has 0 aliphatic rings. The topological polar surface area (TPSA) is 101 Å². The van der Waals surface area contributed by atoms with E-state index in [-0.39, 0.29) is 30.1 Å². The second kappa shape index (κ2) is 8.22. The average molecular weight is 390 g/mol. The highest BCUT2D eigenvalue weighted by Gasteiger charge is 2.15. The average Bonchev–Trinajstić information content (AvgIpc) is 3.03. The second-order valence-corrected chi connectivity index (χ2v) is 6.41. The van der Waals surface area contributed by atoms with Crippen LogP contribution in [0.25, 0.3) is 5.78 Å². The number of ether oxygens (including phenoxy) is 1. The van der Waals surface area contributed by atoms with E-state index in [9.17, 15) is 9.59 Å². The van der Waals surface area contributed by atoms with Crippen LogP contribution in [0.3, 0.4) is 0 Å². The van der Waals surface area contributed by atoms with Crippen LogP contribution in [0, 0.1) is 6.92 Å². The number of benzene rings is 1. The van der Waals surface area contributed by atoms with E-state index in [1.54, 1.807) is 19.9 Å². The molecule has 1 aromatic carbocycles. The minimum absolute atomic E-state index is 0.131. The Morgan fingerprint density at radius 3 is 2.93 bits per heavy atom. The molecule has 2 aromatic heterocycles. The lowest BCUT2D eigenvalue weighted by Gasteiger charge is -2.04. The van der Waals surface area contributed by atoms with Crippen LogP contribution in [0.5, 0.6) is 0 Å². The molecule has 0 unspecified atom stereocenters. The Bertz CT molecular complexity index is 1030. The summed E-state index contributed by atoms with van der Waals surface area (Å²) in [4.78, 5) is 32.9. The molecule has 9 heteroatoms. The zero-order valence-electron chi connectivity index (χ0n) is 15.1. The third-order valence-corrected chi connectivity index (χ3v) is 4.26. The van der Waals surface area contributed by atoms with Crippen molar-refractivity contribution in [3.05, 3.63) is 56.5 Å². The van der Waals surface area contributed by atoms with Gasteiger partial charge in [0.1, 0.15) is 0 Å². The van der Waals surface area contributed by atoms with Crippen molar-refractivity contribution in [1.82, 2.24) is 19.6 Å². The lowest BCUT2D eigenvalue weighted by Crippen LogP contribution is -2.23. The van der Waals surface area contributed by atoms with Crippen molar-refractivity contribution < 1.29 is 9.53 Å². The SMILES string of the molecule is CCOC(=O)CCc1c(C)nc2nc(NCc3cccc(Cl)c3)[nH]n2c1=O. The van der Waals surface area contributed by atoms with Gasteiger partial charge in [-0.1, -0.05) is 23.7 Å². The molecule has 0 saturated heterocycles. The largest absolute Gasteiger partial charge is 0.466 e. The number of nitrogens with one attached hydrogen (secondary N) is 2. The quantitative estimate of drug-likeness (QED) is 0.602. The third kappa shape index (κ3) is 4.46. The molecule has 0 aliphatic heterocycles. The molecule has 0 saturated carbocycles. The minimum Gasteiger partial charge on any atom is -0.466 e. The number of aryl methyl sites for hydroxylation is 1. The first kappa shape index (κ1) is 18.9. The van der Waals surface area contributed by atoms with Gasteiger partial charge in [0.15, 0.2) is 0 Å². The lowest BCUT2D eigenvalue weighted by molar-refractivity contribution is -0.143. The van der Waals surface area contributed by atoms with E-state index in [0.29, 0.717) is 35.4 Å². The first-order chi connectivity index (χ1) is 13.0. The van der Waals surface area contributed by atoms with E-state index in [2.05, 4.69) is 20.4 Å². The highest BCUT2D eigenvalue weighted by Crippen LogP contribution is 2.12. The van der Waals surface area contributed by atoms with Gasteiger partial charge in [-0.3, -0.25) is 14.7 Å². The molecule has 142 valence electrons. The predicted octanol–water partition coefficient (Wildman–Crippen LogP) is 2.49. The molecule has 27 heavy (non-hydrogen) atoms. The maximum atomic E-state index is 12.7. The van der Waals surface area contributed by atoms with E-state index in [1.165, 1.54) is 4.52 Å². The second-order valence-electron chi connectivity index (χ2n) is 5.98. The summed E-state index contributed by atoms with van der Waals surface area (Å²) in [5, 5.41) is 6.66. The number of hydrogen-bond donors (Lipinski definition) is 2. The van der Waals surface area contributed by atoms with Gasteiger partial charge in [0.25, 0.3) is 11.3 Å². The van der Waals surface area contributed by atoms with Crippen LogP contribution in [0.2, 0.25) is 5.02 Å². The van der Waals surface area contributed by atoms with Gasteiger partial charge in [-0.15, -0.1) is 0 Å². The predicted molar refractivity (Wildman–Crippen MR) is 102 cm³/mol. The number of esters is 1. The van der Waals surface area contributed by atoms with E-state index >= 15 is 0 Å². The van der Waals surface area contributed by atoms with Crippen LogP contribution in [0.15, 0.2) is 29.1 Å². The lowest BCUT2D eigenvalue weighted by atomic mass is 10.1. The van der Waals surface area contributed by atoms with E-state index < -0.39 is 0 Å².